The molecule has 0 aromatic carbocycles. The Morgan fingerprint density at radius 1 is 1.08 bits per heavy atom. The van der Waals surface area contributed by atoms with E-state index in [1.54, 1.807) is 0 Å². The summed E-state index contributed by atoms with van der Waals surface area (Å²) in [5.74, 6) is 0.00178. The molecule has 149 valence electrons. The number of hydrogen-bond acceptors (Lipinski definition) is 5. The molecule has 0 fully saturated rings. The van der Waals surface area contributed by atoms with E-state index in [4.69, 9.17) is 18.0 Å². The summed E-state index contributed by atoms with van der Waals surface area (Å²) in [4.78, 5) is 11.9. The van der Waals surface area contributed by atoms with E-state index in [0.717, 1.165) is 19.3 Å². The molecule has 0 spiro atoms. The van der Waals surface area contributed by atoms with Gasteiger partial charge in [0, 0.05) is 38.8 Å². The second-order valence-electron chi connectivity index (χ2n) is 6.40. The zero-order valence-corrected chi connectivity index (χ0v) is 17.8. The van der Waals surface area contributed by atoms with Crippen molar-refractivity contribution in [2.45, 2.75) is 71.9 Å². The predicted octanol–water partition coefficient (Wildman–Crippen LogP) is 3.34. The zero-order chi connectivity index (χ0) is 19.2. The summed E-state index contributed by atoms with van der Waals surface area (Å²) in [6, 6.07) is 0.704. The molecule has 7 heteroatoms. The number of carbonyl (C=O) groups excluding carboxylic acids is 1. The molecule has 0 atom stereocenters. The monoisotopic (exact) mass is 376 g/mol. The Labute approximate surface area is 155 Å². The second-order valence-corrected chi connectivity index (χ2v) is 9.13. The molecule has 0 saturated heterocycles. The van der Waals surface area contributed by atoms with Crippen molar-refractivity contribution in [1.82, 2.24) is 5.32 Å². The van der Waals surface area contributed by atoms with Gasteiger partial charge in [0.2, 0.25) is 5.91 Å². The first-order valence-corrected chi connectivity index (χ1v) is 11.4. The lowest BCUT2D eigenvalue weighted by Gasteiger charge is -2.28. The molecule has 0 aromatic rings. The van der Waals surface area contributed by atoms with Gasteiger partial charge in [-0.15, -0.1) is 0 Å². The highest BCUT2D eigenvalue weighted by Crippen LogP contribution is 2.18. The van der Waals surface area contributed by atoms with E-state index in [2.05, 4.69) is 12.2 Å². The summed E-state index contributed by atoms with van der Waals surface area (Å²) in [7, 11) is -2.61. The van der Waals surface area contributed by atoms with Crippen LogP contribution in [0.2, 0.25) is 6.04 Å². The van der Waals surface area contributed by atoms with Gasteiger partial charge < -0.3 is 23.3 Å². The summed E-state index contributed by atoms with van der Waals surface area (Å²) in [6.45, 7) is 16.4. The van der Waals surface area contributed by atoms with Crippen LogP contribution in [0.5, 0.6) is 0 Å². The Bertz CT molecular complexity index is 335. The maximum atomic E-state index is 11.9. The molecule has 6 nitrogen and oxygen atoms in total. The molecule has 1 amide bonds. The topological polar surface area (TPSA) is 66.0 Å². The van der Waals surface area contributed by atoms with E-state index in [0.29, 0.717) is 45.4 Å². The van der Waals surface area contributed by atoms with E-state index in [-0.39, 0.29) is 11.5 Å². The lowest BCUT2D eigenvalue weighted by molar-refractivity contribution is -0.123. The zero-order valence-electron chi connectivity index (χ0n) is 16.8. The van der Waals surface area contributed by atoms with Crippen molar-refractivity contribution in [3.63, 3.8) is 0 Å². The van der Waals surface area contributed by atoms with Crippen molar-refractivity contribution >= 4 is 14.7 Å². The summed E-state index contributed by atoms with van der Waals surface area (Å²) >= 11 is 0. The Morgan fingerprint density at radius 2 is 1.64 bits per heavy atom. The number of ether oxygens (including phenoxy) is 1. The van der Waals surface area contributed by atoms with Gasteiger partial charge in [-0.05, 0) is 47.5 Å². The summed E-state index contributed by atoms with van der Waals surface area (Å²) in [6.07, 6.45) is 2.84. The fraction of sp³-hybridized carbons (Fsp3) is 0.889. The van der Waals surface area contributed by atoms with Gasteiger partial charge in [0.05, 0.1) is 12.2 Å². The van der Waals surface area contributed by atoms with Crippen molar-refractivity contribution in [3.8, 4) is 0 Å². The van der Waals surface area contributed by atoms with Crippen molar-refractivity contribution in [2.24, 2.45) is 0 Å². The molecule has 1 radical (unpaired) electrons. The van der Waals surface area contributed by atoms with Crippen LogP contribution in [0.25, 0.3) is 0 Å². The van der Waals surface area contributed by atoms with Gasteiger partial charge in [0.25, 0.3) is 0 Å². The molecule has 0 bridgehead atoms. The maximum Gasteiger partial charge on any atom is 0.500 e. The Kier molecular flexibility index (Phi) is 13.4. The SMILES string of the molecule is [CH2]CCC(C)(C)OCCC(=O)NCCC[Si](OCC)(OCC)OCC. The van der Waals surface area contributed by atoms with Crippen LogP contribution in [-0.4, -0.2) is 53.3 Å². The molecule has 0 saturated carbocycles. The molecular weight excluding hydrogens is 338 g/mol. The summed E-state index contributed by atoms with van der Waals surface area (Å²) in [5, 5.41) is 2.92. The Hall–Kier alpha value is -0.473. The molecule has 0 aliphatic carbocycles. The Balaban J connectivity index is 4.08. The molecule has 0 aromatic heterocycles. The number of nitrogens with one attached hydrogen (secondary N) is 1. The quantitative estimate of drug-likeness (QED) is 0.331. The molecule has 0 rings (SSSR count). The van der Waals surface area contributed by atoms with Crippen molar-refractivity contribution in [1.29, 1.82) is 0 Å². The first kappa shape index (κ1) is 24.5. The number of rotatable bonds is 16. The smallest absolute Gasteiger partial charge is 0.375 e. The summed E-state index contributed by atoms with van der Waals surface area (Å²) < 4.78 is 23.1. The van der Waals surface area contributed by atoms with E-state index >= 15 is 0 Å². The number of hydrogen-bond donors (Lipinski definition) is 1. The van der Waals surface area contributed by atoms with Crippen LogP contribution in [0.1, 0.15) is 60.3 Å². The lowest BCUT2D eigenvalue weighted by Crippen LogP contribution is -2.46. The van der Waals surface area contributed by atoms with Gasteiger partial charge in [-0.1, -0.05) is 13.3 Å². The minimum atomic E-state index is -2.61. The highest BCUT2D eigenvalue weighted by Gasteiger charge is 2.39. The van der Waals surface area contributed by atoms with Crippen molar-refractivity contribution in [3.05, 3.63) is 6.92 Å². The largest absolute Gasteiger partial charge is 0.500 e. The second kappa shape index (κ2) is 13.7. The van der Waals surface area contributed by atoms with Gasteiger partial charge in [-0.25, -0.2) is 0 Å². The first-order valence-electron chi connectivity index (χ1n) is 9.46. The van der Waals surface area contributed by atoms with E-state index in [1.807, 2.05) is 34.6 Å². The first-order chi connectivity index (χ1) is 11.8. The normalized spacial score (nSPS) is 12.4. The third kappa shape index (κ3) is 11.7. The van der Waals surface area contributed by atoms with Gasteiger partial charge in [-0.2, -0.15) is 0 Å². The molecule has 0 aliphatic heterocycles. The molecule has 0 aliphatic rings. The summed E-state index contributed by atoms with van der Waals surface area (Å²) in [5.41, 5.74) is -0.223. The Morgan fingerprint density at radius 3 is 2.12 bits per heavy atom. The third-order valence-electron chi connectivity index (χ3n) is 3.68. The van der Waals surface area contributed by atoms with E-state index in [9.17, 15) is 4.79 Å². The fourth-order valence-corrected chi connectivity index (χ4v) is 5.15. The van der Waals surface area contributed by atoms with E-state index in [1.165, 1.54) is 0 Å². The average molecular weight is 377 g/mol. The third-order valence-corrected chi connectivity index (χ3v) is 6.83. The standard InChI is InChI=1S/C18H38NO5Si/c1-7-13-18(5,6)21-15-12-17(20)19-14-11-16-25(22-8-2,23-9-3)24-10-4/h1,7-16H2,2-6H3,(H,19,20). The molecule has 0 unspecified atom stereocenters. The van der Waals surface area contributed by atoms with Crippen LogP contribution >= 0.6 is 0 Å². The van der Waals surface area contributed by atoms with Gasteiger partial charge >= 0.3 is 8.80 Å². The highest BCUT2D eigenvalue weighted by molar-refractivity contribution is 6.60. The van der Waals surface area contributed by atoms with Crippen LogP contribution in [0.4, 0.5) is 0 Å². The van der Waals surface area contributed by atoms with Gasteiger partial charge in [0.15, 0.2) is 0 Å². The van der Waals surface area contributed by atoms with Gasteiger partial charge in [0.1, 0.15) is 0 Å². The van der Waals surface area contributed by atoms with Gasteiger partial charge in [-0.3, -0.25) is 4.79 Å². The fourth-order valence-electron chi connectivity index (χ4n) is 2.54. The predicted molar refractivity (Wildman–Crippen MR) is 102 cm³/mol. The lowest BCUT2D eigenvalue weighted by atomic mass is 10.0. The van der Waals surface area contributed by atoms with Crippen LogP contribution in [0.3, 0.4) is 0 Å². The highest BCUT2D eigenvalue weighted by atomic mass is 28.4. The van der Waals surface area contributed by atoms with E-state index < -0.39 is 8.80 Å². The molecular formula is C18H38NO5Si. The number of carbonyl (C=O) groups is 1. The maximum absolute atomic E-state index is 11.9. The van der Waals surface area contributed by atoms with Crippen LogP contribution in [0, 0.1) is 6.92 Å². The molecule has 0 heterocycles. The van der Waals surface area contributed by atoms with Crippen LogP contribution in [-0.2, 0) is 22.8 Å². The number of amides is 1. The van der Waals surface area contributed by atoms with Crippen molar-refractivity contribution < 1.29 is 22.8 Å². The molecule has 1 N–H and O–H groups in total. The van der Waals surface area contributed by atoms with Crippen molar-refractivity contribution in [2.75, 3.05) is 33.0 Å². The van der Waals surface area contributed by atoms with Crippen LogP contribution in [0.15, 0.2) is 0 Å². The average Bonchev–Trinajstić information content (AvgIpc) is 2.52. The minimum absolute atomic E-state index is 0.00178. The molecule has 25 heavy (non-hydrogen) atoms. The van der Waals surface area contributed by atoms with Crippen LogP contribution < -0.4 is 5.32 Å². The minimum Gasteiger partial charge on any atom is -0.375 e.